The first-order valence-corrected chi connectivity index (χ1v) is 12.6. The van der Waals surface area contributed by atoms with Gasteiger partial charge < -0.3 is 4.42 Å². The maximum absolute atomic E-state index is 13.0. The fraction of sp³-hybridized carbons (Fsp3) is 0.143. The maximum atomic E-state index is 13.0. The highest BCUT2D eigenvalue weighted by Crippen LogP contribution is 2.30. The molecule has 0 saturated heterocycles. The number of hydrazine groups is 1. The van der Waals surface area contributed by atoms with Crippen molar-refractivity contribution in [2.75, 3.05) is 0 Å². The van der Waals surface area contributed by atoms with Crippen molar-refractivity contribution in [3.05, 3.63) is 105 Å². The quantitative estimate of drug-likeness (QED) is 0.304. The maximum Gasteiger partial charge on any atom is 0.305 e. The van der Waals surface area contributed by atoms with E-state index in [0.717, 1.165) is 17.2 Å². The Balaban J connectivity index is 1.33. The van der Waals surface area contributed by atoms with Gasteiger partial charge in [-0.05, 0) is 64.7 Å². The Morgan fingerprint density at radius 2 is 1.54 bits per heavy atom. The first-order chi connectivity index (χ1) is 17.9. The van der Waals surface area contributed by atoms with Crippen LogP contribution >= 0.6 is 15.9 Å². The largest absolute Gasteiger partial charge is 0.455 e. The molecule has 5 rings (SSSR count). The molecule has 0 spiro atoms. The van der Waals surface area contributed by atoms with Crippen LogP contribution in [-0.4, -0.2) is 23.4 Å². The SMILES string of the molecule is Cc1c(C(=O)NNC(=O)c2ccccc2Br)oc2c1/C(=N/NC(=O)c1cccc3ccccc13)CCC2. The number of fused-ring (bicyclic) bond motifs is 2. The average Bonchev–Trinajstić information content (AvgIpc) is 3.27. The molecule has 186 valence electrons. The monoisotopic (exact) mass is 558 g/mol. The summed E-state index contributed by atoms with van der Waals surface area (Å²) in [6.07, 6.45) is 2.04. The van der Waals surface area contributed by atoms with E-state index >= 15 is 0 Å². The summed E-state index contributed by atoms with van der Waals surface area (Å²) in [5.74, 6) is -0.637. The van der Waals surface area contributed by atoms with Gasteiger partial charge in [-0.15, -0.1) is 0 Å². The van der Waals surface area contributed by atoms with Crippen LogP contribution in [0.1, 0.15) is 61.0 Å². The molecule has 0 atom stereocenters. The van der Waals surface area contributed by atoms with E-state index in [-0.39, 0.29) is 11.7 Å². The van der Waals surface area contributed by atoms with Crippen molar-refractivity contribution in [3.8, 4) is 0 Å². The second-order valence-electron chi connectivity index (χ2n) is 8.62. The summed E-state index contributed by atoms with van der Waals surface area (Å²) < 4.78 is 6.48. The van der Waals surface area contributed by atoms with Crippen LogP contribution in [0, 0.1) is 6.92 Å². The van der Waals surface area contributed by atoms with Crippen molar-refractivity contribution in [2.24, 2.45) is 5.10 Å². The predicted molar refractivity (Wildman–Crippen MR) is 143 cm³/mol. The van der Waals surface area contributed by atoms with Gasteiger partial charge in [0.05, 0.1) is 11.3 Å². The van der Waals surface area contributed by atoms with Crippen molar-refractivity contribution in [2.45, 2.75) is 26.2 Å². The molecule has 0 unspecified atom stereocenters. The minimum absolute atomic E-state index is 0.0902. The van der Waals surface area contributed by atoms with Gasteiger partial charge in [0.2, 0.25) is 0 Å². The minimum atomic E-state index is -0.577. The van der Waals surface area contributed by atoms with E-state index < -0.39 is 11.8 Å². The van der Waals surface area contributed by atoms with Crippen LogP contribution in [0.3, 0.4) is 0 Å². The number of halogens is 1. The summed E-state index contributed by atoms with van der Waals surface area (Å²) in [5, 5.41) is 6.23. The molecule has 0 bridgehead atoms. The number of benzene rings is 3. The molecule has 1 heterocycles. The van der Waals surface area contributed by atoms with Gasteiger partial charge in [-0.2, -0.15) is 5.10 Å². The number of carbonyl (C=O) groups is 3. The van der Waals surface area contributed by atoms with Crippen molar-refractivity contribution < 1.29 is 18.8 Å². The van der Waals surface area contributed by atoms with Gasteiger partial charge >= 0.3 is 5.91 Å². The Morgan fingerprint density at radius 1 is 0.838 bits per heavy atom. The van der Waals surface area contributed by atoms with Crippen LogP contribution in [0.5, 0.6) is 0 Å². The number of hydrogen-bond acceptors (Lipinski definition) is 5. The summed E-state index contributed by atoms with van der Waals surface area (Å²) >= 11 is 3.32. The van der Waals surface area contributed by atoms with Crippen LogP contribution in [-0.2, 0) is 6.42 Å². The molecule has 0 radical (unpaired) electrons. The standard InChI is InChI=1S/C28H23BrN4O4/c1-16-24-22(30-31-26(34)19-12-6-9-17-8-2-3-10-18(17)19)14-7-15-23(24)37-25(16)28(36)33-32-27(35)20-11-4-5-13-21(20)29/h2-6,8-13H,7,14-15H2,1H3,(H,31,34)(H,32,35)(H,33,36)/b30-22+. The van der Waals surface area contributed by atoms with Gasteiger partial charge in [0.1, 0.15) is 5.76 Å². The van der Waals surface area contributed by atoms with Crippen LogP contribution in [0.25, 0.3) is 10.8 Å². The number of hydrazone groups is 1. The molecule has 3 aromatic carbocycles. The zero-order valence-electron chi connectivity index (χ0n) is 19.9. The minimum Gasteiger partial charge on any atom is -0.455 e. The van der Waals surface area contributed by atoms with Crippen LogP contribution in [0.15, 0.2) is 80.7 Å². The molecule has 3 amide bonds. The van der Waals surface area contributed by atoms with E-state index in [0.29, 0.717) is 51.0 Å². The summed E-state index contributed by atoms with van der Waals surface area (Å²) in [7, 11) is 0. The van der Waals surface area contributed by atoms with Crippen molar-refractivity contribution >= 4 is 50.1 Å². The van der Waals surface area contributed by atoms with E-state index in [9.17, 15) is 14.4 Å². The normalized spacial score (nSPS) is 13.7. The van der Waals surface area contributed by atoms with Gasteiger partial charge in [-0.1, -0.05) is 48.5 Å². The zero-order valence-corrected chi connectivity index (χ0v) is 21.5. The topological polar surface area (TPSA) is 113 Å². The Kier molecular flexibility index (Phi) is 6.87. The average molecular weight is 559 g/mol. The molecule has 37 heavy (non-hydrogen) atoms. The number of furan rings is 1. The summed E-state index contributed by atoms with van der Waals surface area (Å²) in [6.45, 7) is 1.76. The number of hydrogen-bond donors (Lipinski definition) is 3. The Hall–Kier alpha value is -4.24. The van der Waals surface area contributed by atoms with Crippen LogP contribution in [0.4, 0.5) is 0 Å². The third-order valence-electron chi connectivity index (χ3n) is 6.27. The molecule has 3 N–H and O–H groups in total. The first-order valence-electron chi connectivity index (χ1n) is 11.8. The van der Waals surface area contributed by atoms with E-state index in [1.54, 1.807) is 37.3 Å². The Labute approximate surface area is 221 Å². The fourth-order valence-corrected chi connectivity index (χ4v) is 4.95. The number of amides is 3. The van der Waals surface area contributed by atoms with Gasteiger partial charge in [0, 0.05) is 27.6 Å². The molecule has 9 heteroatoms. The number of carbonyl (C=O) groups excluding carboxylic acids is 3. The van der Waals surface area contributed by atoms with Gasteiger partial charge in [0.15, 0.2) is 5.76 Å². The van der Waals surface area contributed by atoms with E-state index in [1.165, 1.54) is 0 Å². The lowest BCUT2D eigenvalue weighted by atomic mass is 9.93. The molecule has 0 fully saturated rings. The lowest BCUT2D eigenvalue weighted by Crippen LogP contribution is -2.41. The number of aryl methyl sites for hydroxylation is 1. The summed E-state index contributed by atoms with van der Waals surface area (Å²) in [6, 6.07) is 20.1. The molecule has 0 saturated carbocycles. The highest BCUT2D eigenvalue weighted by molar-refractivity contribution is 9.10. The lowest BCUT2D eigenvalue weighted by molar-refractivity contribution is 0.0829. The molecule has 4 aromatic rings. The molecule has 8 nitrogen and oxygen atoms in total. The van der Waals surface area contributed by atoms with Gasteiger partial charge in [0.25, 0.3) is 11.8 Å². The first kappa shape index (κ1) is 24.5. The zero-order chi connectivity index (χ0) is 25.9. The molecular formula is C28H23BrN4O4. The summed E-state index contributed by atoms with van der Waals surface area (Å²) in [5.41, 5.74) is 10.4. The van der Waals surface area contributed by atoms with Crippen molar-refractivity contribution in [3.63, 3.8) is 0 Å². The van der Waals surface area contributed by atoms with Crippen LogP contribution < -0.4 is 16.3 Å². The molecule has 0 aliphatic heterocycles. The van der Waals surface area contributed by atoms with Gasteiger partial charge in [-0.3, -0.25) is 25.2 Å². The Bertz CT molecular complexity index is 1570. The van der Waals surface area contributed by atoms with Crippen LogP contribution in [0.2, 0.25) is 0 Å². The molecule has 1 aliphatic rings. The van der Waals surface area contributed by atoms with Crippen molar-refractivity contribution in [1.29, 1.82) is 0 Å². The fourth-order valence-electron chi connectivity index (χ4n) is 4.48. The Morgan fingerprint density at radius 3 is 2.38 bits per heavy atom. The number of rotatable bonds is 4. The van der Waals surface area contributed by atoms with Gasteiger partial charge in [-0.25, -0.2) is 5.43 Å². The molecular weight excluding hydrogens is 536 g/mol. The van der Waals surface area contributed by atoms with Crippen molar-refractivity contribution in [1.82, 2.24) is 16.3 Å². The highest BCUT2D eigenvalue weighted by Gasteiger charge is 2.28. The smallest absolute Gasteiger partial charge is 0.305 e. The highest BCUT2D eigenvalue weighted by atomic mass is 79.9. The van der Waals surface area contributed by atoms with E-state index in [1.807, 2.05) is 36.4 Å². The summed E-state index contributed by atoms with van der Waals surface area (Å²) in [4.78, 5) is 38.2. The van der Waals surface area contributed by atoms with E-state index in [4.69, 9.17) is 4.42 Å². The second kappa shape index (κ2) is 10.4. The third-order valence-corrected chi connectivity index (χ3v) is 6.96. The second-order valence-corrected chi connectivity index (χ2v) is 9.48. The third kappa shape index (κ3) is 4.90. The number of nitrogens with zero attached hydrogens (tertiary/aromatic N) is 1. The lowest BCUT2D eigenvalue weighted by Gasteiger charge is -2.13. The molecule has 1 aromatic heterocycles. The van der Waals surface area contributed by atoms with E-state index in [2.05, 4.69) is 37.3 Å². The predicted octanol–water partition coefficient (Wildman–Crippen LogP) is 5.05. The number of nitrogens with one attached hydrogen (secondary N) is 3. The molecule has 1 aliphatic carbocycles.